The summed E-state index contributed by atoms with van der Waals surface area (Å²) < 4.78 is 65.1. The smallest absolute Gasteiger partial charge is 0.243 e. The van der Waals surface area contributed by atoms with Gasteiger partial charge in [-0.1, -0.05) is 0 Å². The minimum atomic E-state index is -4.17. The van der Waals surface area contributed by atoms with Gasteiger partial charge in [-0.05, 0) is 44.0 Å². The lowest BCUT2D eigenvalue weighted by atomic mass is 10.1. The second kappa shape index (κ2) is 6.11. The van der Waals surface area contributed by atoms with Gasteiger partial charge >= 0.3 is 0 Å². The van der Waals surface area contributed by atoms with Crippen LogP contribution in [-0.2, 0) is 10.0 Å². The van der Waals surface area contributed by atoms with Crippen molar-refractivity contribution in [3.8, 4) is 0 Å². The van der Waals surface area contributed by atoms with E-state index < -0.39 is 32.4 Å². The van der Waals surface area contributed by atoms with Crippen LogP contribution in [0, 0.1) is 23.4 Å². The van der Waals surface area contributed by atoms with Gasteiger partial charge in [0.15, 0.2) is 17.5 Å². The monoisotopic (exact) mass is 308 g/mol. The Bertz CT molecular complexity index is 587. The fourth-order valence-corrected chi connectivity index (χ4v) is 3.27. The third-order valence-electron chi connectivity index (χ3n) is 3.30. The van der Waals surface area contributed by atoms with Gasteiger partial charge < -0.3 is 5.32 Å². The molecule has 1 heterocycles. The summed E-state index contributed by atoms with van der Waals surface area (Å²) >= 11 is 0. The molecule has 8 heteroatoms. The first-order valence-corrected chi connectivity index (χ1v) is 7.74. The Morgan fingerprint density at radius 2 is 2.00 bits per heavy atom. The lowest BCUT2D eigenvalue weighted by Crippen LogP contribution is -2.27. The quantitative estimate of drug-likeness (QED) is 0.808. The molecule has 1 fully saturated rings. The fraction of sp³-hybridized carbons (Fsp3) is 0.500. The molecule has 0 radical (unpaired) electrons. The van der Waals surface area contributed by atoms with Gasteiger partial charge in [0.2, 0.25) is 10.0 Å². The summed E-state index contributed by atoms with van der Waals surface area (Å²) in [7, 11) is -4.17. The van der Waals surface area contributed by atoms with Crippen LogP contribution in [0.25, 0.3) is 0 Å². The van der Waals surface area contributed by atoms with Gasteiger partial charge in [0.1, 0.15) is 4.90 Å². The molecule has 4 nitrogen and oxygen atoms in total. The van der Waals surface area contributed by atoms with Crippen LogP contribution in [0.4, 0.5) is 13.2 Å². The second-order valence-corrected chi connectivity index (χ2v) is 6.45. The Hall–Kier alpha value is -1.12. The van der Waals surface area contributed by atoms with Crippen LogP contribution in [0.3, 0.4) is 0 Å². The van der Waals surface area contributed by atoms with E-state index in [0.29, 0.717) is 24.5 Å². The van der Waals surface area contributed by atoms with E-state index in [1.54, 1.807) is 0 Å². The minimum Gasteiger partial charge on any atom is -0.316 e. The highest BCUT2D eigenvalue weighted by atomic mass is 32.2. The Morgan fingerprint density at radius 1 is 1.25 bits per heavy atom. The second-order valence-electron chi connectivity index (χ2n) is 4.72. The summed E-state index contributed by atoms with van der Waals surface area (Å²) in [5, 5.41) is 3.15. The van der Waals surface area contributed by atoms with Crippen LogP contribution in [0.5, 0.6) is 0 Å². The largest absolute Gasteiger partial charge is 0.316 e. The fourth-order valence-electron chi connectivity index (χ4n) is 2.15. The number of nitrogens with one attached hydrogen (secondary N) is 2. The predicted octanol–water partition coefficient (Wildman–Crippen LogP) is 1.38. The summed E-state index contributed by atoms with van der Waals surface area (Å²) in [6.45, 7) is 1.85. The zero-order valence-electron chi connectivity index (χ0n) is 10.6. The lowest BCUT2D eigenvalue weighted by molar-refractivity contribution is 0.431. The molecular weight excluding hydrogens is 293 g/mol. The molecule has 0 spiro atoms. The van der Waals surface area contributed by atoms with Crippen LogP contribution in [0.15, 0.2) is 17.0 Å². The molecule has 20 heavy (non-hydrogen) atoms. The molecule has 1 saturated heterocycles. The Kier molecular flexibility index (Phi) is 4.66. The highest BCUT2D eigenvalue weighted by molar-refractivity contribution is 7.89. The van der Waals surface area contributed by atoms with Crippen LogP contribution >= 0.6 is 0 Å². The zero-order valence-corrected chi connectivity index (χ0v) is 11.4. The molecule has 0 amide bonds. The molecule has 1 aromatic carbocycles. The van der Waals surface area contributed by atoms with Gasteiger partial charge in [-0.3, -0.25) is 0 Å². The molecule has 0 bridgehead atoms. The summed E-state index contributed by atoms with van der Waals surface area (Å²) in [6, 6.07) is 1.31. The van der Waals surface area contributed by atoms with Crippen molar-refractivity contribution in [3.05, 3.63) is 29.6 Å². The number of hydrogen-bond donors (Lipinski definition) is 2. The minimum absolute atomic E-state index is 0.132. The van der Waals surface area contributed by atoms with Crippen LogP contribution in [-0.4, -0.2) is 28.1 Å². The maximum Gasteiger partial charge on any atom is 0.243 e. The summed E-state index contributed by atoms with van der Waals surface area (Å²) in [5.74, 6) is -4.53. The molecule has 1 aliphatic heterocycles. The molecule has 112 valence electrons. The van der Waals surface area contributed by atoms with Crippen molar-refractivity contribution >= 4 is 10.0 Å². The van der Waals surface area contributed by atoms with E-state index in [-0.39, 0.29) is 6.54 Å². The topological polar surface area (TPSA) is 58.2 Å². The number of benzene rings is 1. The molecule has 0 aliphatic carbocycles. The SMILES string of the molecule is O=S(=O)(NCC[C@H]1CCNC1)c1ccc(F)c(F)c1F. The summed E-state index contributed by atoms with van der Waals surface area (Å²) in [4.78, 5) is -0.874. The van der Waals surface area contributed by atoms with Gasteiger partial charge in [0.05, 0.1) is 0 Å². The van der Waals surface area contributed by atoms with Crippen LogP contribution < -0.4 is 10.0 Å². The van der Waals surface area contributed by atoms with Crippen LogP contribution in [0.1, 0.15) is 12.8 Å². The van der Waals surface area contributed by atoms with E-state index >= 15 is 0 Å². The molecule has 2 rings (SSSR count). The van der Waals surface area contributed by atoms with Crippen molar-refractivity contribution in [1.82, 2.24) is 10.0 Å². The van der Waals surface area contributed by atoms with Crippen molar-refractivity contribution in [1.29, 1.82) is 0 Å². The Labute approximate surface area is 115 Å². The van der Waals surface area contributed by atoms with E-state index in [9.17, 15) is 21.6 Å². The number of hydrogen-bond acceptors (Lipinski definition) is 3. The van der Waals surface area contributed by atoms with Crippen molar-refractivity contribution < 1.29 is 21.6 Å². The summed E-state index contributed by atoms with van der Waals surface area (Å²) in [5.41, 5.74) is 0. The lowest BCUT2D eigenvalue weighted by Gasteiger charge is -2.11. The van der Waals surface area contributed by atoms with E-state index in [1.807, 2.05) is 0 Å². The van der Waals surface area contributed by atoms with E-state index in [1.165, 1.54) is 0 Å². The van der Waals surface area contributed by atoms with Gasteiger partial charge in [-0.15, -0.1) is 0 Å². The van der Waals surface area contributed by atoms with Gasteiger partial charge in [-0.2, -0.15) is 0 Å². The van der Waals surface area contributed by atoms with Crippen molar-refractivity contribution in [2.45, 2.75) is 17.7 Å². The number of halogens is 3. The molecule has 1 atom stereocenters. The average Bonchev–Trinajstić information content (AvgIpc) is 2.88. The molecule has 1 aromatic rings. The maximum absolute atomic E-state index is 13.4. The van der Waals surface area contributed by atoms with Crippen LogP contribution in [0.2, 0.25) is 0 Å². The normalized spacial score (nSPS) is 19.4. The molecular formula is C12H15F3N2O2S. The van der Waals surface area contributed by atoms with Gasteiger partial charge in [0, 0.05) is 6.54 Å². The van der Waals surface area contributed by atoms with Gasteiger partial charge in [-0.25, -0.2) is 26.3 Å². The average molecular weight is 308 g/mol. The zero-order chi connectivity index (χ0) is 14.8. The Balaban J connectivity index is 2.04. The molecule has 0 unspecified atom stereocenters. The third kappa shape index (κ3) is 3.31. The summed E-state index contributed by atoms with van der Waals surface area (Å²) in [6.07, 6.45) is 1.57. The highest BCUT2D eigenvalue weighted by Gasteiger charge is 2.24. The molecule has 0 saturated carbocycles. The Morgan fingerprint density at radius 3 is 2.65 bits per heavy atom. The molecule has 2 N–H and O–H groups in total. The molecule has 1 aliphatic rings. The van der Waals surface area contributed by atoms with E-state index in [4.69, 9.17) is 0 Å². The van der Waals surface area contributed by atoms with Gasteiger partial charge in [0.25, 0.3) is 0 Å². The first-order chi connectivity index (χ1) is 9.42. The predicted molar refractivity (Wildman–Crippen MR) is 67.1 cm³/mol. The number of sulfonamides is 1. The third-order valence-corrected chi connectivity index (χ3v) is 4.77. The standard InChI is InChI=1S/C12H15F3N2O2S/c13-9-1-2-10(12(15)11(9)14)20(18,19)17-6-4-8-3-5-16-7-8/h1-2,8,16-17H,3-7H2/t8-/m1/s1. The first kappa shape index (κ1) is 15.3. The first-order valence-electron chi connectivity index (χ1n) is 6.25. The van der Waals surface area contributed by atoms with Crippen molar-refractivity contribution in [3.63, 3.8) is 0 Å². The van der Waals surface area contributed by atoms with E-state index in [2.05, 4.69) is 10.0 Å². The van der Waals surface area contributed by atoms with Crippen molar-refractivity contribution in [2.24, 2.45) is 5.92 Å². The van der Waals surface area contributed by atoms with E-state index in [0.717, 1.165) is 19.5 Å². The maximum atomic E-state index is 13.4. The number of rotatable bonds is 5. The van der Waals surface area contributed by atoms with Crippen molar-refractivity contribution in [2.75, 3.05) is 19.6 Å². The highest BCUT2D eigenvalue weighted by Crippen LogP contribution is 2.19. The molecule has 0 aromatic heterocycles.